The molecule has 3 saturated heterocycles. The third-order valence-corrected chi connectivity index (χ3v) is 8.31. The Morgan fingerprint density at radius 2 is 1.92 bits per heavy atom. The summed E-state index contributed by atoms with van der Waals surface area (Å²) in [6.45, 7) is 3.99. The Hall–Kier alpha value is -2.96. The highest BCUT2D eigenvalue weighted by atomic mass is 35.5. The molecule has 208 valence electrons. The molecule has 5 heterocycles. The van der Waals surface area contributed by atoms with Crippen molar-refractivity contribution in [3.63, 3.8) is 0 Å². The normalized spacial score (nSPS) is 23.4. The van der Waals surface area contributed by atoms with Crippen LogP contribution >= 0.6 is 11.6 Å². The number of rotatable bonds is 5. The number of hydrogen-bond donors (Lipinski definition) is 2. The van der Waals surface area contributed by atoms with Crippen molar-refractivity contribution in [3.8, 4) is 17.3 Å². The molecule has 2 aromatic heterocycles. The van der Waals surface area contributed by atoms with Crippen LogP contribution < -0.4 is 20.7 Å². The van der Waals surface area contributed by atoms with Crippen molar-refractivity contribution in [3.05, 3.63) is 34.1 Å². The Kier molecular flexibility index (Phi) is 6.47. The first-order valence-corrected chi connectivity index (χ1v) is 13.3. The highest BCUT2D eigenvalue weighted by molar-refractivity contribution is 6.34. The molecule has 13 heteroatoms. The molecule has 8 nitrogen and oxygen atoms in total. The number of hydrogen-bond acceptors (Lipinski definition) is 8. The number of ether oxygens (including phenoxy) is 1. The fourth-order valence-corrected chi connectivity index (χ4v) is 6.34. The van der Waals surface area contributed by atoms with Gasteiger partial charge in [-0.05, 0) is 57.5 Å². The number of aromatic nitrogens is 3. The molecule has 0 amide bonds. The number of piperazine rings is 1. The standard InChI is InChI=1S/C26H28ClF4N7O/c1-12-6-18(32)34-23(20(12)26(29,30)31)19-17(27)8-16-22(21(19)28)35-25(39-11-13-4-3-5-37(13)2)36-24(16)38-14-7-15(38)10-33-9-14/h6,8,13-15,33H,3-5,7,9-11H2,1-2H3,(H2,32,34)/t13-,14?,15?/m0/s1. The van der Waals surface area contributed by atoms with Crippen LogP contribution in [0.5, 0.6) is 6.01 Å². The molecule has 0 spiro atoms. The zero-order valence-electron chi connectivity index (χ0n) is 21.4. The van der Waals surface area contributed by atoms with Gasteiger partial charge in [0.15, 0.2) is 5.82 Å². The van der Waals surface area contributed by atoms with Crippen molar-refractivity contribution in [2.24, 2.45) is 0 Å². The lowest BCUT2D eigenvalue weighted by Gasteiger charge is -2.54. The number of pyridine rings is 1. The summed E-state index contributed by atoms with van der Waals surface area (Å²) in [5.41, 5.74) is 3.14. The number of nitrogens with one attached hydrogen (secondary N) is 1. The van der Waals surface area contributed by atoms with Gasteiger partial charge in [-0.3, -0.25) is 0 Å². The Balaban J connectivity index is 1.53. The first kappa shape index (κ1) is 26.3. The molecule has 3 atom stereocenters. The molecule has 0 aliphatic carbocycles. The molecular weight excluding hydrogens is 538 g/mol. The van der Waals surface area contributed by atoms with Gasteiger partial charge in [0.05, 0.1) is 21.8 Å². The van der Waals surface area contributed by atoms with E-state index < -0.39 is 28.8 Å². The molecule has 39 heavy (non-hydrogen) atoms. The number of nitrogens with two attached hydrogens (primary N) is 1. The van der Waals surface area contributed by atoms with E-state index in [1.807, 2.05) is 7.05 Å². The van der Waals surface area contributed by atoms with E-state index in [0.717, 1.165) is 45.0 Å². The van der Waals surface area contributed by atoms with Crippen molar-refractivity contribution in [2.75, 3.05) is 43.9 Å². The molecule has 0 radical (unpaired) electrons. The van der Waals surface area contributed by atoms with Gasteiger partial charge < -0.3 is 25.6 Å². The minimum atomic E-state index is -4.81. The maximum Gasteiger partial charge on any atom is 0.418 e. The minimum absolute atomic E-state index is 0.0318. The number of nitrogen functional groups attached to an aromatic ring is 1. The summed E-state index contributed by atoms with van der Waals surface area (Å²) in [6, 6.07) is 2.94. The summed E-state index contributed by atoms with van der Waals surface area (Å²) in [6.07, 6.45) is -1.86. The lowest BCUT2D eigenvalue weighted by atomic mass is 9.88. The molecule has 2 bridgehead atoms. The summed E-state index contributed by atoms with van der Waals surface area (Å²) in [5.74, 6) is -0.756. The lowest BCUT2D eigenvalue weighted by Crippen LogP contribution is -2.68. The predicted molar refractivity (Wildman–Crippen MR) is 141 cm³/mol. The fourth-order valence-electron chi connectivity index (χ4n) is 6.06. The molecule has 3 fully saturated rings. The highest BCUT2D eigenvalue weighted by Gasteiger charge is 2.44. The summed E-state index contributed by atoms with van der Waals surface area (Å²) in [7, 11) is 2.01. The number of likely N-dealkylation sites (N-methyl/N-ethyl adjacent to an activating group) is 1. The van der Waals surface area contributed by atoms with Gasteiger partial charge in [-0.1, -0.05) is 11.6 Å². The van der Waals surface area contributed by atoms with Crippen LogP contribution in [0.4, 0.5) is 29.2 Å². The molecule has 3 aliphatic heterocycles. The second-order valence-corrected chi connectivity index (χ2v) is 11.0. The van der Waals surface area contributed by atoms with E-state index in [4.69, 9.17) is 22.1 Å². The zero-order chi connectivity index (χ0) is 27.6. The van der Waals surface area contributed by atoms with Gasteiger partial charge in [-0.25, -0.2) is 9.37 Å². The number of piperidine rings is 1. The van der Waals surface area contributed by atoms with Crippen LogP contribution in [0.2, 0.25) is 5.02 Å². The van der Waals surface area contributed by atoms with Crippen LogP contribution in [-0.4, -0.2) is 71.3 Å². The first-order chi connectivity index (χ1) is 18.5. The van der Waals surface area contributed by atoms with Gasteiger partial charge in [-0.15, -0.1) is 0 Å². The van der Waals surface area contributed by atoms with E-state index in [2.05, 4.69) is 30.1 Å². The van der Waals surface area contributed by atoms with Crippen LogP contribution in [0.25, 0.3) is 22.2 Å². The van der Waals surface area contributed by atoms with Gasteiger partial charge in [0.25, 0.3) is 0 Å². The van der Waals surface area contributed by atoms with Gasteiger partial charge in [-0.2, -0.15) is 23.1 Å². The molecule has 3 N–H and O–H groups in total. The fraction of sp³-hybridized carbons (Fsp3) is 0.500. The molecule has 3 aliphatic rings. The molecule has 2 unspecified atom stereocenters. The number of likely N-dealkylation sites (tertiary alicyclic amines) is 1. The SMILES string of the molecule is Cc1cc(N)nc(-c2c(Cl)cc3c(N4C5CNCC4C5)nc(OC[C@@H]4CCCN4C)nc3c2F)c1C(F)(F)F. The molecule has 3 aromatic rings. The van der Waals surface area contributed by atoms with Crippen LogP contribution in [0, 0.1) is 12.7 Å². The van der Waals surface area contributed by atoms with Gasteiger partial charge in [0, 0.05) is 36.6 Å². The topological polar surface area (TPSA) is 92.4 Å². The molecule has 1 aromatic carbocycles. The number of alkyl halides is 3. The van der Waals surface area contributed by atoms with Crippen LogP contribution in [0.3, 0.4) is 0 Å². The maximum absolute atomic E-state index is 16.4. The van der Waals surface area contributed by atoms with Crippen LogP contribution in [-0.2, 0) is 6.18 Å². The third-order valence-electron chi connectivity index (χ3n) is 8.01. The summed E-state index contributed by atoms with van der Waals surface area (Å²) < 4.78 is 64.6. The van der Waals surface area contributed by atoms with Crippen molar-refractivity contribution in [2.45, 2.75) is 50.5 Å². The molecule has 6 rings (SSSR count). The zero-order valence-corrected chi connectivity index (χ0v) is 22.2. The van der Waals surface area contributed by atoms with Crippen LogP contribution in [0.15, 0.2) is 12.1 Å². The van der Waals surface area contributed by atoms with Gasteiger partial charge in [0.1, 0.15) is 23.8 Å². The largest absolute Gasteiger partial charge is 0.462 e. The number of fused-ring (bicyclic) bond motifs is 3. The van der Waals surface area contributed by atoms with Crippen molar-refractivity contribution in [1.82, 2.24) is 25.2 Å². The van der Waals surface area contributed by atoms with E-state index in [1.54, 1.807) is 0 Å². The van der Waals surface area contributed by atoms with Gasteiger partial charge >= 0.3 is 12.2 Å². The first-order valence-electron chi connectivity index (χ1n) is 12.9. The smallest absolute Gasteiger partial charge is 0.418 e. The molecular formula is C26H28ClF4N7O. The quantitative estimate of drug-likeness (QED) is 0.439. The van der Waals surface area contributed by atoms with E-state index in [0.29, 0.717) is 17.8 Å². The van der Waals surface area contributed by atoms with E-state index in [1.165, 1.54) is 13.0 Å². The van der Waals surface area contributed by atoms with Crippen molar-refractivity contribution in [1.29, 1.82) is 0 Å². The highest BCUT2D eigenvalue weighted by Crippen LogP contribution is 2.46. The predicted octanol–water partition coefficient (Wildman–Crippen LogP) is 4.42. The number of nitrogens with zero attached hydrogens (tertiary/aromatic N) is 5. The van der Waals surface area contributed by atoms with E-state index in [-0.39, 0.29) is 46.1 Å². The second-order valence-electron chi connectivity index (χ2n) is 10.6. The van der Waals surface area contributed by atoms with Crippen molar-refractivity contribution >= 4 is 34.1 Å². The lowest BCUT2D eigenvalue weighted by molar-refractivity contribution is -0.137. The minimum Gasteiger partial charge on any atom is -0.462 e. The second kappa shape index (κ2) is 9.60. The summed E-state index contributed by atoms with van der Waals surface area (Å²) >= 11 is 6.52. The third kappa shape index (κ3) is 4.52. The number of anilines is 2. The Labute approximate surface area is 227 Å². The van der Waals surface area contributed by atoms with E-state index >= 15 is 4.39 Å². The Morgan fingerprint density at radius 1 is 1.18 bits per heavy atom. The monoisotopic (exact) mass is 565 g/mol. The van der Waals surface area contributed by atoms with Crippen molar-refractivity contribution < 1.29 is 22.3 Å². The van der Waals surface area contributed by atoms with E-state index in [9.17, 15) is 13.2 Å². The number of halogens is 5. The number of benzene rings is 1. The maximum atomic E-state index is 16.4. The Morgan fingerprint density at radius 3 is 2.56 bits per heavy atom. The average molecular weight is 566 g/mol. The Bertz CT molecular complexity index is 1440. The average Bonchev–Trinajstić information content (AvgIpc) is 3.27. The molecule has 0 saturated carbocycles. The summed E-state index contributed by atoms with van der Waals surface area (Å²) in [5, 5.41) is 3.41. The number of aryl methyl sites for hydroxylation is 1. The summed E-state index contributed by atoms with van der Waals surface area (Å²) in [4.78, 5) is 17.2. The van der Waals surface area contributed by atoms with Gasteiger partial charge in [0.2, 0.25) is 0 Å². The van der Waals surface area contributed by atoms with Crippen LogP contribution in [0.1, 0.15) is 30.4 Å².